The van der Waals surface area contributed by atoms with Gasteiger partial charge in [-0.1, -0.05) is 294 Å². The van der Waals surface area contributed by atoms with Crippen molar-refractivity contribution in [2.24, 2.45) is 172 Å². The second-order valence-corrected chi connectivity index (χ2v) is 44.4. The quantitative estimate of drug-likeness (QED) is 0.240. The maximum atomic E-state index is 7.69. The molecule has 27 fully saturated rings. The lowest BCUT2D eigenvalue weighted by Crippen LogP contribution is -2.48. The van der Waals surface area contributed by atoms with Crippen LogP contribution in [0.4, 0.5) is 0 Å². The van der Waals surface area contributed by atoms with Crippen molar-refractivity contribution in [2.45, 2.75) is 442 Å². The maximum Gasteiger partial charge on any atom is 0.0468 e. The van der Waals surface area contributed by atoms with E-state index in [-0.39, 0.29) is 11.8 Å². The number of ether oxygens (including phenoxy) is 1. The van der Waals surface area contributed by atoms with E-state index in [2.05, 4.69) is 74.3 Å². The first-order valence-electron chi connectivity index (χ1n) is 50.2. The number of fused-ring (bicyclic) bond motifs is 30. The summed E-state index contributed by atoms with van der Waals surface area (Å²) < 4.78 is 20.3. The van der Waals surface area contributed by atoms with E-state index >= 15 is 0 Å². The number of piperidine rings is 1. The third-order valence-corrected chi connectivity index (χ3v) is 34.2. The third kappa shape index (κ3) is 31.4. The largest absolute Gasteiger partial charge is 0.381 e. The van der Waals surface area contributed by atoms with Gasteiger partial charge in [0.25, 0.3) is 0 Å². The van der Waals surface area contributed by atoms with E-state index in [1.807, 2.05) is 13.8 Å². The first-order valence-corrected chi connectivity index (χ1v) is 49.2. The van der Waals surface area contributed by atoms with Crippen molar-refractivity contribution in [2.75, 3.05) is 33.4 Å². The van der Waals surface area contributed by atoms with Gasteiger partial charge in [0.05, 0.1) is 0 Å². The molecule has 2 heterocycles. The van der Waals surface area contributed by atoms with Crippen LogP contribution in [-0.2, 0) is 4.74 Å². The molecule has 0 aromatic heterocycles. The van der Waals surface area contributed by atoms with Gasteiger partial charge in [-0.3, -0.25) is 0 Å². The molecule has 0 spiro atoms. The molecule has 4 unspecified atom stereocenters. The standard InChI is InChI=1S/C13H24.2C12H22.2C11H20.C9H16.C8H14.C7H15N.C7H12.C6H12O.C6H10/c1-11-8-9-12-4-2-6-13(10-11)7-3-5-12;1-10-8-11-4-2-5-12(9-10)7-3-6-11;1-10-5-6-11-3-2-4-12(9-10)8-7-11;1-9-2-3-10-4-6-11(8-9)7-5-10;1-9-7-10-3-2-4-11(8-9)6-5-10;1-7-2-3-8-5-9(4-7)6-8;1-6-2-7-4-8(3-6)5-7;1-7-3-5-8(2)6-4-7;1-5-2-6-3-7(5)4-6;1-6-2-4-7-5-3-6;1-4-5-2-6(4)3-5/h11-13H,2-10H2,1H3;2*10-12H,2-9H2,1H3;2*9-11H,2-8H2,1H3;7-9H,2-6H2,1H3;6-8H,2-5H2,1H3;7H,3-6H2,1-2H3;5-7H,2-4H2,1H3;6H,2-5H2,1H3;4-6H,2-3H2,1H3/t11-,12?,13?;;10-,11?,12?;9-,10?,11?;;7-,8?,9?;;;5-,6?,7?;;/m1.11.1..1../s1/i;;;;;;;7D;;6D;. The Morgan fingerprint density at radius 2 is 0.452 bits per heavy atom. The minimum Gasteiger partial charge on any atom is -0.381 e. The summed E-state index contributed by atoms with van der Waals surface area (Å²) in [6.45, 7) is 29.6. The Morgan fingerprint density at radius 1 is 0.212 bits per heavy atom. The Kier molecular flexibility index (Phi) is 37.1. The Morgan fingerprint density at radius 3 is 0.740 bits per heavy atom. The van der Waals surface area contributed by atoms with Gasteiger partial charge in [0.1, 0.15) is 0 Å². The highest BCUT2D eigenvalue weighted by atomic mass is 16.5. The van der Waals surface area contributed by atoms with Crippen LogP contribution in [0.1, 0.15) is 445 Å². The van der Waals surface area contributed by atoms with Gasteiger partial charge in [-0.25, -0.2) is 0 Å². The van der Waals surface area contributed by atoms with Gasteiger partial charge in [0.15, 0.2) is 0 Å². The molecule has 2 heteroatoms. The van der Waals surface area contributed by atoms with Crippen molar-refractivity contribution < 1.29 is 7.48 Å². The molecule has 0 radical (unpaired) electrons. The summed E-state index contributed by atoms with van der Waals surface area (Å²) in [5, 5.41) is 0. The van der Waals surface area contributed by atoms with Crippen LogP contribution >= 0.6 is 0 Å². The van der Waals surface area contributed by atoms with E-state index < -0.39 is 0 Å². The number of nitrogens with zero attached hydrogens (tertiary/aromatic N) is 1. The van der Waals surface area contributed by atoms with Crippen LogP contribution in [0.3, 0.4) is 0 Å². The van der Waals surface area contributed by atoms with Crippen molar-refractivity contribution in [1.82, 2.24) is 4.90 Å². The lowest BCUT2D eigenvalue weighted by Gasteiger charge is -2.56. The first-order chi connectivity index (χ1) is 50.9. The SMILES string of the molecule is CC1C2CC1C2.CC1CC2CC(C1)C2.CC1CC2CCCC(CC2)C1.CC1CC2CCCC(CCC2)C1.C[C@@H]1CC2CC1C2.C[C@@H]1CCC2CC(C2)C1.C[C@@H]1CCC2CCC(CC2)C1.C[C@@H]1CCC2CCCC(CC2)C1.C[C@@H]1CCC2CCCC(CCC2)C1.[2H]C1(C)CCN(C)CC1.[2H]C1(C)CCOCC1. The number of rotatable bonds is 0. The summed E-state index contributed by atoms with van der Waals surface area (Å²) in [5.74, 6) is 29.5. The molecule has 104 heavy (non-hydrogen) atoms. The van der Waals surface area contributed by atoms with Gasteiger partial charge in [-0.2, -0.15) is 0 Å². The van der Waals surface area contributed by atoms with Crippen LogP contribution in [0, 0.1) is 172 Å². The smallest absolute Gasteiger partial charge is 0.0468 e. The second-order valence-electron chi connectivity index (χ2n) is 44.4. The fourth-order valence-corrected chi connectivity index (χ4v) is 26.6. The van der Waals surface area contributed by atoms with Crippen LogP contribution in [0.25, 0.3) is 0 Å². The zero-order valence-corrected chi connectivity index (χ0v) is 72.6. The summed E-state index contributed by atoms with van der Waals surface area (Å²) in [7, 11) is 2.12. The van der Waals surface area contributed by atoms with E-state index in [4.69, 9.17) is 7.48 Å². The summed E-state index contributed by atoms with van der Waals surface area (Å²) >= 11 is 0. The third-order valence-electron chi connectivity index (χ3n) is 34.2. The van der Waals surface area contributed by atoms with Crippen LogP contribution in [0.15, 0.2) is 0 Å². The molecule has 9 atom stereocenters. The molecule has 2 aliphatic heterocycles. The van der Waals surface area contributed by atoms with E-state index in [1.165, 1.54) is 172 Å². The molecule has 25 aliphatic carbocycles. The highest BCUT2D eigenvalue weighted by Gasteiger charge is 2.49. The van der Waals surface area contributed by atoms with Gasteiger partial charge in [0, 0.05) is 16.0 Å². The molecule has 0 aromatic rings. The monoisotopic (exact) mass is 1440 g/mol. The summed E-state index contributed by atoms with van der Waals surface area (Å²) in [4.78, 5) is 2.29. The van der Waals surface area contributed by atoms with Crippen LogP contribution in [0.2, 0.25) is 0 Å². The molecule has 0 N–H and O–H groups in total. The average Bonchev–Trinajstić information content (AvgIpc) is 1.04. The second kappa shape index (κ2) is 46.3. The number of hydrogen-bond donors (Lipinski definition) is 0. The molecule has 0 amide bonds. The summed E-state index contributed by atoms with van der Waals surface area (Å²) in [6.07, 6.45) is 85.7. The fourth-order valence-electron chi connectivity index (χ4n) is 26.6. The molecule has 0 aromatic carbocycles. The molecule has 606 valence electrons. The highest BCUT2D eigenvalue weighted by molar-refractivity contribution is 4.99. The zero-order valence-electron chi connectivity index (χ0n) is 74.6. The molecule has 27 rings (SSSR count). The topological polar surface area (TPSA) is 12.5 Å². The van der Waals surface area contributed by atoms with Crippen molar-refractivity contribution in [1.29, 1.82) is 0 Å². The van der Waals surface area contributed by atoms with Crippen molar-refractivity contribution in [3.05, 3.63) is 0 Å². The molecule has 18 bridgehead atoms. The molecule has 2 saturated heterocycles. The minimum absolute atomic E-state index is 0.132. The molecular formula is C102H187NO. The van der Waals surface area contributed by atoms with Crippen molar-refractivity contribution >= 4 is 0 Å². The lowest BCUT2D eigenvalue weighted by molar-refractivity contribution is -0.0673. The van der Waals surface area contributed by atoms with Crippen molar-refractivity contribution in [3.8, 4) is 0 Å². The minimum atomic E-state index is -0.196. The Balaban J connectivity index is 0.000000125. The molecule has 25 saturated carbocycles. The van der Waals surface area contributed by atoms with E-state index in [1.54, 1.807) is 186 Å². The predicted molar refractivity (Wildman–Crippen MR) is 455 cm³/mol. The molecule has 2 nitrogen and oxygen atoms in total. The van der Waals surface area contributed by atoms with Gasteiger partial charge < -0.3 is 9.64 Å². The van der Waals surface area contributed by atoms with Gasteiger partial charge in [-0.05, 0) is 339 Å². The fraction of sp³-hybridized carbons (Fsp3) is 1.00. The predicted octanol–water partition coefficient (Wildman–Crippen LogP) is 31.4. The molecule has 27 aliphatic rings. The Labute approximate surface area is 655 Å². The summed E-state index contributed by atoms with van der Waals surface area (Å²) in [5.41, 5.74) is 0. The van der Waals surface area contributed by atoms with Crippen LogP contribution < -0.4 is 0 Å². The zero-order chi connectivity index (χ0) is 75.0. The van der Waals surface area contributed by atoms with E-state index in [0.717, 1.165) is 194 Å². The summed E-state index contributed by atoms with van der Waals surface area (Å²) in [6, 6.07) is 0. The lowest BCUT2D eigenvalue weighted by atomic mass is 9.49. The van der Waals surface area contributed by atoms with Gasteiger partial charge in [0.2, 0.25) is 0 Å². The number of hydrogen-bond acceptors (Lipinski definition) is 2. The van der Waals surface area contributed by atoms with Gasteiger partial charge >= 0.3 is 0 Å². The van der Waals surface area contributed by atoms with Gasteiger partial charge in [-0.15, -0.1) is 0 Å². The van der Waals surface area contributed by atoms with Crippen LogP contribution in [0.5, 0.6) is 0 Å². The van der Waals surface area contributed by atoms with Crippen LogP contribution in [-0.4, -0.2) is 38.3 Å². The number of likely N-dealkylation sites (tertiary alicyclic amines) is 1. The molecular weight excluding hydrogens is 1260 g/mol. The Hall–Kier alpha value is -0.0800. The first kappa shape index (κ1) is 83.4. The van der Waals surface area contributed by atoms with E-state index in [9.17, 15) is 0 Å². The highest BCUT2D eigenvalue weighted by Crippen LogP contribution is 2.58. The average molecular weight is 1450 g/mol. The van der Waals surface area contributed by atoms with E-state index in [0.29, 0.717) is 0 Å². The van der Waals surface area contributed by atoms with Crippen molar-refractivity contribution in [3.63, 3.8) is 0 Å². The maximum absolute atomic E-state index is 7.69. The normalized spacial score (nSPS) is 45.1. The Bertz CT molecular complexity index is 2210.